The van der Waals surface area contributed by atoms with Gasteiger partial charge in [-0.3, -0.25) is 4.79 Å². The number of benzene rings is 1. The van der Waals surface area contributed by atoms with Crippen molar-refractivity contribution in [3.8, 4) is 0 Å². The second-order valence-corrected chi connectivity index (χ2v) is 2.56. The molecule has 1 nitrogen and oxygen atoms in total. The van der Waals surface area contributed by atoms with Gasteiger partial charge in [-0.15, -0.1) is 0 Å². The van der Waals surface area contributed by atoms with Crippen molar-refractivity contribution in [3.63, 3.8) is 0 Å². The molecule has 0 heterocycles. The highest BCUT2D eigenvalue weighted by Crippen LogP contribution is 2.29. The first-order valence-corrected chi connectivity index (χ1v) is 3.50. The van der Waals surface area contributed by atoms with Crippen LogP contribution in [-0.2, 0) is 6.18 Å². The van der Waals surface area contributed by atoms with Crippen molar-refractivity contribution in [2.45, 2.75) is 13.1 Å². The van der Waals surface area contributed by atoms with Gasteiger partial charge in [0.15, 0.2) is 5.78 Å². The maximum atomic E-state index is 12.1. The van der Waals surface area contributed by atoms with Crippen LogP contribution in [0.1, 0.15) is 22.8 Å². The molecule has 0 aliphatic rings. The molecule has 1 rings (SSSR count). The Morgan fingerprint density at radius 3 is 2.46 bits per heavy atom. The Bertz CT molecular complexity index is 328. The molecule has 13 heavy (non-hydrogen) atoms. The van der Waals surface area contributed by atoms with E-state index in [0.717, 1.165) is 12.1 Å². The molecule has 4 heteroatoms. The average molecular weight is 187 g/mol. The van der Waals surface area contributed by atoms with Gasteiger partial charge in [-0.1, -0.05) is 0 Å². The molecule has 0 saturated heterocycles. The lowest BCUT2D eigenvalue weighted by molar-refractivity contribution is -0.137. The number of hydrogen-bond donors (Lipinski definition) is 0. The van der Waals surface area contributed by atoms with Gasteiger partial charge in [0.05, 0.1) is 5.56 Å². The van der Waals surface area contributed by atoms with Crippen LogP contribution < -0.4 is 0 Å². The quantitative estimate of drug-likeness (QED) is 0.618. The van der Waals surface area contributed by atoms with E-state index in [1.54, 1.807) is 0 Å². The van der Waals surface area contributed by atoms with Gasteiger partial charge in [0.2, 0.25) is 0 Å². The number of Topliss-reactive ketones (excluding diaryl/α,β-unsaturated/α-hetero) is 1. The number of alkyl halides is 3. The number of rotatable bonds is 1. The Labute approximate surface area is 73.2 Å². The highest BCUT2D eigenvalue weighted by Gasteiger charge is 2.30. The van der Waals surface area contributed by atoms with E-state index in [1.807, 2.05) is 0 Å². The fourth-order valence-electron chi connectivity index (χ4n) is 0.839. The Hall–Kier alpha value is -1.32. The van der Waals surface area contributed by atoms with E-state index in [1.165, 1.54) is 13.0 Å². The molecule has 0 saturated carbocycles. The van der Waals surface area contributed by atoms with Crippen LogP contribution in [0.5, 0.6) is 0 Å². The van der Waals surface area contributed by atoms with E-state index in [0.29, 0.717) is 0 Å². The van der Waals surface area contributed by atoms with Crippen molar-refractivity contribution in [2.24, 2.45) is 0 Å². The summed E-state index contributed by atoms with van der Waals surface area (Å²) in [7, 11) is 0. The van der Waals surface area contributed by atoms with Gasteiger partial charge in [0, 0.05) is 5.56 Å². The fourth-order valence-corrected chi connectivity index (χ4v) is 0.839. The summed E-state index contributed by atoms with van der Waals surface area (Å²) in [6.07, 6.45) is -4.41. The minimum Gasteiger partial charge on any atom is -0.295 e. The highest BCUT2D eigenvalue weighted by molar-refractivity contribution is 5.94. The third-order valence-electron chi connectivity index (χ3n) is 1.52. The lowest BCUT2D eigenvalue weighted by Crippen LogP contribution is -2.06. The van der Waals surface area contributed by atoms with E-state index in [4.69, 9.17) is 0 Å². The van der Waals surface area contributed by atoms with Crippen molar-refractivity contribution in [1.82, 2.24) is 0 Å². The molecule has 0 atom stereocenters. The molecule has 1 aromatic rings. The SMILES string of the molecule is CC(=O)c1c[c]cc(C(F)(F)F)c1. The van der Waals surface area contributed by atoms with Gasteiger partial charge >= 0.3 is 6.18 Å². The monoisotopic (exact) mass is 187 g/mol. The summed E-state index contributed by atoms with van der Waals surface area (Å²) in [5, 5.41) is 0. The number of carbonyl (C=O) groups is 1. The van der Waals surface area contributed by atoms with Crippen LogP contribution in [0.2, 0.25) is 0 Å². The number of carbonyl (C=O) groups excluding carboxylic acids is 1. The zero-order valence-electron chi connectivity index (χ0n) is 6.77. The Kier molecular flexibility index (Phi) is 2.40. The maximum Gasteiger partial charge on any atom is 0.416 e. The molecule has 0 amide bonds. The van der Waals surface area contributed by atoms with Crippen molar-refractivity contribution in [2.75, 3.05) is 0 Å². The normalized spacial score (nSPS) is 11.4. The van der Waals surface area contributed by atoms with Gasteiger partial charge < -0.3 is 0 Å². The molecule has 0 aromatic heterocycles. The third kappa shape index (κ3) is 2.31. The molecule has 0 aliphatic heterocycles. The molecule has 0 aliphatic carbocycles. The molecule has 0 bridgehead atoms. The first-order chi connectivity index (χ1) is 5.91. The summed E-state index contributed by atoms with van der Waals surface area (Å²) in [5.74, 6) is -0.401. The predicted octanol–water partition coefficient (Wildman–Crippen LogP) is 2.71. The second kappa shape index (κ2) is 3.20. The third-order valence-corrected chi connectivity index (χ3v) is 1.52. The summed E-state index contributed by atoms with van der Waals surface area (Å²) < 4.78 is 36.3. The maximum absolute atomic E-state index is 12.1. The fraction of sp³-hybridized carbons (Fsp3) is 0.222. The zero-order valence-corrected chi connectivity index (χ0v) is 6.77. The van der Waals surface area contributed by atoms with Gasteiger partial charge in [-0.25, -0.2) is 0 Å². The lowest BCUT2D eigenvalue weighted by atomic mass is 10.1. The summed E-state index contributed by atoms with van der Waals surface area (Å²) in [6.45, 7) is 1.21. The minimum atomic E-state index is -4.41. The largest absolute Gasteiger partial charge is 0.416 e. The molecule has 69 valence electrons. The van der Waals surface area contributed by atoms with Gasteiger partial charge in [0.1, 0.15) is 0 Å². The van der Waals surface area contributed by atoms with E-state index < -0.39 is 17.5 Å². The average Bonchev–Trinajstić information content (AvgIpc) is 2.03. The number of ketones is 1. The smallest absolute Gasteiger partial charge is 0.295 e. The van der Waals surface area contributed by atoms with Crippen molar-refractivity contribution < 1.29 is 18.0 Å². The molecular weight excluding hydrogens is 181 g/mol. The first kappa shape index (κ1) is 9.77. The van der Waals surface area contributed by atoms with E-state index in [2.05, 4.69) is 6.07 Å². The summed E-state index contributed by atoms with van der Waals surface area (Å²) in [4.78, 5) is 10.7. The Morgan fingerprint density at radius 1 is 1.38 bits per heavy atom. The topological polar surface area (TPSA) is 17.1 Å². The molecular formula is C9H6F3O. The summed E-state index contributed by atoms with van der Waals surface area (Å²) >= 11 is 0. The van der Waals surface area contributed by atoms with Crippen LogP contribution in [0, 0.1) is 6.07 Å². The molecule has 1 aromatic carbocycles. The number of halogens is 3. The predicted molar refractivity (Wildman–Crippen MR) is 40.3 cm³/mol. The summed E-state index contributed by atoms with van der Waals surface area (Å²) in [5.41, 5.74) is -0.824. The van der Waals surface area contributed by atoms with Crippen LogP contribution in [0.15, 0.2) is 18.2 Å². The Balaban J connectivity index is 3.13. The van der Waals surface area contributed by atoms with Crippen molar-refractivity contribution in [1.29, 1.82) is 0 Å². The van der Waals surface area contributed by atoms with Crippen molar-refractivity contribution in [3.05, 3.63) is 35.4 Å². The number of hydrogen-bond acceptors (Lipinski definition) is 1. The molecule has 0 fully saturated rings. The van der Waals surface area contributed by atoms with E-state index in [9.17, 15) is 18.0 Å². The van der Waals surface area contributed by atoms with Gasteiger partial charge in [-0.05, 0) is 31.2 Å². The van der Waals surface area contributed by atoms with Crippen LogP contribution in [0.3, 0.4) is 0 Å². The van der Waals surface area contributed by atoms with E-state index in [-0.39, 0.29) is 5.56 Å². The zero-order chi connectivity index (χ0) is 10.1. The van der Waals surface area contributed by atoms with Crippen molar-refractivity contribution >= 4 is 5.78 Å². The Morgan fingerprint density at radius 2 is 2.00 bits per heavy atom. The second-order valence-electron chi connectivity index (χ2n) is 2.56. The van der Waals surface area contributed by atoms with Gasteiger partial charge in [-0.2, -0.15) is 13.2 Å². The first-order valence-electron chi connectivity index (χ1n) is 3.50. The summed E-state index contributed by atoms with van der Waals surface area (Å²) in [6, 6.07) is 5.14. The highest BCUT2D eigenvalue weighted by atomic mass is 19.4. The lowest BCUT2D eigenvalue weighted by Gasteiger charge is -2.06. The van der Waals surface area contributed by atoms with Crippen LogP contribution in [-0.4, -0.2) is 5.78 Å². The molecule has 0 unspecified atom stereocenters. The molecule has 1 radical (unpaired) electrons. The molecule has 0 N–H and O–H groups in total. The molecule has 0 spiro atoms. The van der Waals surface area contributed by atoms with Gasteiger partial charge in [0.25, 0.3) is 0 Å². The van der Waals surface area contributed by atoms with Crippen LogP contribution in [0.25, 0.3) is 0 Å². The standard InChI is InChI=1S/C9H6F3O/c1-6(13)7-3-2-4-8(5-7)9(10,11)12/h3-5H,1H3. The minimum absolute atomic E-state index is 0.0230. The van der Waals surface area contributed by atoms with Crippen LogP contribution in [0.4, 0.5) is 13.2 Å². The van der Waals surface area contributed by atoms with Crippen LogP contribution >= 0.6 is 0 Å². The van der Waals surface area contributed by atoms with E-state index >= 15 is 0 Å².